The van der Waals surface area contributed by atoms with Crippen LogP contribution in [0.1, 0.15) is 53.0 Å². The Balaban J connectivity index is 1.44. The van der Waals surface area contributed by atoms with E-state index in [1.54, 1.807) is 7.11 Å². The standard InChI is InChI=1S/C24H29NO2/c1-25(24(26)15-17-12-13-18-6-3-7-19(18)14-17)16-20-8-4-10-22-21(20)9-5-11-23(22)27-2/h5,9,11-14,20H,3-4,6-8,10,15-16H2,1-2H3/t20-/m0/s1. The van der Waals surface area contributed by atoms with Crippen molar-refractivity contribution in [3.05, 3.63) is 64.2 Å². The molecule has 4 rings (SSSR count). The minimum Gasteiger partial charge on any atom is -0.496 e. The number of carbonyl (C=O) groups is 1. The molecule has 1 atom stereocenters. The SMILES string of the molecule is COc1cccc2c1CCC[C@H]2CN(C)C(=O)Cc1ccc2c(c1)CCC2. The summed E-state index contributed by atoms with van der Waals surface area (Å²) in [7, 11) is 3.69. The molecule has 0 aliphatic heterocycles. The van der Waals surface area contributed by atoms with Gasteiger partial charge in [-0.05, 0) is 72.4 Å². The van der Waals surface area contributed by atoms with Crippen molar-refractivity contribution in [3.63, 3.8) is 0 Å². The second-order valence-electron chi connectivity index (χ2n) is 8.02. The Labute approximate surface area is 162 Å². The quantitative estimate of drug-likeness (QED) is 0.792. The number of benzene rings is 2. The third-order valence-corrected chi connectivity index (χ3v) is 6.25. The highest BCUT2D eigenvalue weighted by Gasteiger charge is 2.25. The van der Waals surface area contributed by atoms with Gasteiger partial charge in [-0.15, -0.1) is 0 Å². The highest BCUT2D eigenvalue weighted by Crippen LogP contribution is 2.37. The number of likely N-dealkylation sites (N-methyl/N-ethyl adjacent to an activating group) is 1. The maximum Gasteiger partial charge on any atom is 0.226 e. The molecule has 27 heavy (non-hydrogen) atoms. The normalized spacial score (nSPS) is 17.9. The number of aryl methyl sites for hydroxylation is 2. The molecule has 2 aromatic carbocycles. The van der Waals surface area contributed by atoms with Crippen LogP contribution in [0.15, 0.2) is 36.4 Å². The van der Waals surface area contributed by atoms with E-state index in [2.05, 4.69) is 30.3 Å². The molecule has 2 aliphatic carbocycles. The van der Waals surface area contributed by atoms with E-state index in [-0.39, 0.29) is 5.91 Å². The Morgan fingerprint density at radius 1 is 1.11 bits per heavy atom. The molecule has 0 fully saturated rings. The Morgan fingerprint density at radius 3 is 2.81 bits per heavy atom. The first-order valence-electron chi connectivity index (χ1n) is 10.2. The van der Waals surface area contributed by atoms with E-state index in [1.165, 1.54) is 35.1 Å². The van der Waals surface area contributed by atoms with Gasteiger partial charge < -0.3 is 9.64 Å². The zero-order valence-corrected chi connectivity index (χ0v) is 16.5. The number of methoxy groups -OCH3 is 1. The van der Waals surface area contributed by atoms with Crippen LogP contribution < -0.4 is 4.74 Å². The van der Waals surface area contributed by atoms with Crippen molar-refractivity contribution in [2.45, 2.75) is 50.9 Å². The van der Waals surface area contributed by atoms with Crippen LogP contribution in [0.3, 0.4) is 0 Å². The summed E-state index contributed by atoms with van der Waals surface area (Å²) in [5.41, 5.74) is 6.75. The summed E-state index contributed by atoms with van der Waals surface area (Å²) in [4.78, 5) is 14.7. The molecule has 3 heteroatoms. The molecule has 0 saturated heterocycles. The number of carbonyl (C=O) groups excluding carboxylic acids is 1. The number of amides is 1. The van der Waals surface area contributed by atoms with E-state index in [4.69, 9.17) is 4.74 Å². The molecule has 0 heterocycles. The third kappa shape index (κ3) is 3.73. The summed E-state index contributed by atoms with van der Waals surface area (Å²) in [6.45, 7) is 0.782. The Morgan fingerprint density at radius 2 is 1.96 bits per heavy atom. The Bertz CT molecular complexity index is 842. The summed E-state index contributed by atoms with van der Waals surface area (Å²) in [6.07, 6.45) is 7.46. The van der Waals surface area contributed by atoms with Crippen LogP contribution in [0.25, 0.3) is 0 Å². The van der Waals surface area contributed by atoms with E-state index in [1.807, 2.05) is 18.0 Å². The second-order valence-corrected chi connectivity index (χ2v) is 8.02. The molecule has 0 N–H and O–H groups in total. The van der Waals surface area contributed by atoms with Crippen molar-refractivity contribution in [3.8, 4) is 5.75 Å². The van der Waals surface area contributed by atoms with Crippen molar-refractivity contribution in [1.82, 2.24) is 4.90 Å². The first-order chi connectivity index (χ1) is 13.2. The molecule has 0 aromatic heterocycles. The predicted octanol–water partition coefficient (Wildman–Crippen LogP) is 4.30. The highest BCUT2D eigenvalue weighted by molar-refractivity contribution is 5.78. The van der Waals surface area contributed by atoms with Crippen LogP contribution in [-0.2, 0) is 30.5 Å². The van der Waals surface area contributed by atoms with Crippen molar-refractivity contribution >= 4 is 5.91 Å². The Hall–Kier alpha value is -2.29. The van der Waals surface area contributed by atoms with Crippen LogP contribution in [-0.4, -0.2) is 31.5 Å². The van der Waals surface area contributed by atoms with Crippen molar-refractivity contribution in [2.24, 2.45) is 0 Å². The van der Waals surface area contributed by atoms with Gasteiger partial charge in [0, 0.05) is 19.5 Å². The van der Waals surface area contributed by atoms with Crippen LogP contribution in [0.5, 0.6) is 5.75 Å². The van der Waals surface area contributed by atoms with Gasteiger partial charge in [-0.3, -0.25) is 4.79 Å². The maximum atomic E-state index is 12.8. The van der Waals surface area contributed by atoms with Gasteiger partial charge in [0.1, 0.15) is 5.75 Å². The summed E-state index contributed by atoms with van der Waals surface area (Å²) < 4.78 is 5.55. The number of nitrogens with zero attached hydrogens (tertiary/aromatic N) is 1. The van der Waals surface area contributed by atoms with E-state index in [0.29, 0.717) is 12.3 Å². The van der Waals surface area contributed by atoms with Gasteiger partial charge >= 0.3 is 0 Å². The van der Waals surface area contributed by atoms with Gasteiger partial charge in [-0.1, -0.05) is 30.3 Å². The Kier molecular flexibility index (Phi) is 5.20. The first kappa shape index (κ1) is 18.1. The minimum absolute atomic E-state index is 0.211. The molecular formula is C24H29NO2. The van der Waals surface area contributed by atoms with Gasteiger partial charge in [0.25, 0.3) is 0 Å². The van der Waals surface area contributed by atoms with Gasteiger partial charge in [0.15, 0.2) is 0 Å². The molecule has 2 aliphatic rings. The third-order valence-electron chi connectivity index (χ3n) is 6.25. The maximum absolute atomic E-state index is 12.8. The zero-order valence-electron chi connectivity index (χ0n) is 16.5. The van der Waals surface area contributed by atoms with Crippen LogP contribution in [0, 0.1) is 0 Å². The fraction of sp³-hybridized carbons (Fsp3) is 0.458. The molecule has 2 aromatic rings. The van der Waals surface area contributed by atoms with Crippen molar-refractivity contribution < 1.29 is 9.53 Å². The number of hydrogen-bond acceptors (Lipinski definition) is 2. The second kappa shape index (κ2) is 7.75. The summed E-state index contributed by atoms with van der Waals surface area (Å²) in [5.74, 6) is 1.60. The van der Waals surface area contributed by atoms with Crippen LogP contribution >= 0.6 is 0 Å². The number of rotatable bonds is 5. The predicted molar refractivity (Wildman–Crippen MR) is 108 cm³/mol. The van der Waals surface area contributed by atoms with Gasteiger partial charge in [-0.25, -0.2) is 0 Å². The van der Waals surface area contributed by atoms with Gasteiger partial charge in [0.2, 0.25) is 5.91 Å². The topological polar surface area (TPSA) is 29.5 Å². The van der Waals surface area contributed by atoms with E-state index >= 15 is 0 Å². The number of fused-ring (bicyclic) bond motifs is 2. The smallest absolute Gasteiger partial charge is 0.226 e. The van der Waals surface area contributed by atoms with Gasteiger partial charge in [0.05, 0.1) is 13.5 Å². The fourth-order valence-electron chi connectivity index (χ4n) is 4.77. The van der Waals surface area contributed by atoms with E-state index < -0.39 is 0 Å². The average molecular weight is 364 g/mol. The van der Waals surface area contributed by atoms with Gasteiger partial charge in [-0.2, -0.15) is 0 Å². The summed E-state index contributed by atoms with van der Waals surface area (Å²) in [6, 6.07) is 12.9. The first-order valence-corrected chi connectivity index (χ1v) is 10.2. The zero-order chi connectivity index (χ0) is 18.8. The molecule has 0 spiro atoms. The molecule has 142 valence electrons. The fourth-order valence-corrected chi connectivity index (χ4v) is 4.77. The van der Waals surface area contributed by atoms with E-state index in [0.717, 1.165) is 43.5 Å². The van der Waals surface area contributed by atoms with Crippen molar-refractivity contribution in [1.29, 1.82) is 0 Å². The largest absolute Gasteiger partial charge is 0.496 e. The molecule has 0 unspecified atom stereocenters. The average Bonchev–Trinajstić information content (AvgIpc) is 3.15. The molecular weight excluding hydrogens is 334 g/mol. The lowest BCUT2D eigenvalue weighted by Crippen LogP contribution is -2.33. The number of ether oxygens (including phenoxy) is 1. The number of hydrogen-bond donors (Lipinski definition) is 0. The lowest BCUT2D eigenvalue weighted by Gasteiger charge is -2.30. The van der Waals surface area contributed by atoms with E-state index in [9.17, 15) is 4.79 Å². The summed E-state index contributed by atoms with van der Waals surface area (Å²) in [5, 5.41) is 0. The monoisotopic (exact) mass is 363 g/mol. The summed E-state index contributed by atoms with van der Waals surface area (Å²) >= 11 is 0. The minimum atomic E-state index is 0.211. The molecule has 0 saturated carbocycles. The van der Waals surface area contributed by atoms with Crippen molar-refractivity contribution in [2.75, 3.05) is 20.7 Å². The lowest BCUT2D eigenvalue weighted by molar-refractivity contribution is -0.129. The van der Waals surface area contributed by atoms with Crippen LogP contribution in [0.2, 0.25) is 0 Å². The molecule has 3 nitrogen and oxygen atoms in total. The molecule has 1 amide bonds. The molecule has 0 bridgehead atoms. The molecule has 0 radical (unpaired) electrons. The highest BCUT2D eigenvalue weighted by atomic mass is 16.5. The van der Waals surface area contributed by atoms with Crippen LogP contribution in [0.4, 0.5) is 0 Å². The lowest BCUT2D eigenvalue weighted by atomic mass is 9.82.